The topological polar surface area (TPSA) is 84.0 Å². The Bertz CT molecular complexity index is 932. The lowest BCUT2D eigenvalue weighted by Crippen LogP contribution is -2.47. The van der Waals surface area contributed by atoms with E-state index < -0.39 is 23.1 Å². The summed E-state index contributed by atoms with van der Waals surface area (Å²) in [7, 11) is 0. The molecular weight excluding hydrogens is 410 g/mol. The van der Waals surface area contributed by atoms with Gasteiger partial charge in [-0.2, -0.15) is 0 Å². The Morgan fingerprint density at radius 3 is 2.83 bits per heavy atom. The summed E-state index contributed by atoms with van der Waals surface area (Å²) in [6, 6.07) is 1.74. The Balaban J connectivity index is 1.67. The van der Waals surface area contributed by atoms with Gasteiger partial charge in [-0.25, -0.2) is 8.78 Å². The van der Waals surface area contributed by atoms with Crippen molar-refractivity contribution < 1.29 is 18.4 Å². The monoisotopic (exact) mass is 436 g/mol. The van der Waals surface area contributed by atoms with Crippen molar-refractivity contribution in [3.8, 4) is 0 Å². The molecule has 30 heavy (non-hydrogen) atoms. The van der Waals surface area contributed by atoms with Gasteiger partial charge in [-0.3, -0.25) is 10.1 Å². The standard InChI is InChI=1S/C21H26F2N4O2S/c1-4-5-17(18(29)25-20-27-26-19(30-20)21(2,3)11-28)24-14-7-6-12-8-13(22)9-16(23)15(12)10-14/h8-9,11,14,17,24H,4-7,10H2,1-3H3,(H,25,27,29)/t14?,17-/m0/s1. The molecule has 162 valence electrons. The molecular formula is C21H26F2N4O2S. The van der Waals surface area contributed by atoms with Crippen LogP contribution in [-0.2, 0) is 27.8 Å². The van der Waals surface area contributed by atoms with Crippen LogP contribution in [-0.4, -0.2) is 34.5 Å². The minimum absolute atomic E-state index is 0.0845. The van der Waals surface area contributed by atoms with Crippen LogP contribution in [0.5, 0.6) is 0 Å². The summed E-state index contributed by atoms with van der Waals surface area (Å²) in [6.45, 7) is 5.45. The molecule has 1 heterocycles. The maximum Gasteiger partial charge on any atom is 0.243 e. The average molecular weight is 437 g/mol. The van der Waals surface area contributed by atoms with E-state index in [1.165, 1.54) is 17.4 Å². The van der Waals surface area contributed by atoms with Gasteiger partial charge >= 0.3 is 0 Å². The molecule has 9 heteroatoms. The first kappa shape index (κ1) is 22.4. The van der Waals surface area contributed by atoms with Crippen LogP contribution in [0.4, 0.5) is 13.9 Å². The highest BCUT2D eigenvalue weighted by Crippen LogP contribution is 2.28. The van der Waals surface area contributed by atoms with E-state index in [0.717, 1.165) is 18.8 Å². The number of aryl methyl sites for hydroxylation is 1. The maximum absolute atomic E-state index is 14.2. The third-order valence-electron chi connectivity index (χ3n) is 5.30. The molecule has 0 saturated heterocycles. The van der Waals surface area contributed by atoms with Gasteiger partial charge < -0.3 is 10.1 Å². The quantitative estimate of drug-likeness (QED) is 0.619. The first-order chi connectivity index (χ1) is 14.2. The van der Waals surface area contributed by atoms with Gasteiger partial charge in [0.2, 0.25) is 11.0 Å². The van der Waals surface area contributed by atoms with Crippen molar-refractivity contribution in [2.75, 3.05) is 5.32 Å². The number of aromatic nitrogens is 2. The lowest BCUT2D eigenvalue weighted by Gasteiger charge is -2.29. The third-order valence-corrected chi connectivity index (χ3v) is 6.48. The van der Waals surface area contributed by atoms with Crippen molar-refractivity contribution in [1.82, 2.24) is 15.5 Å². The van der Waals surface area contributed by atoms with Crippen molar-refractivity contribution in [2.24, 2.45) is 0 Å². The predicted molar refractivity (Wildman–Crippen MR) is 112 cm³/mol. The fraction of sp³-hybridized carbons (Fsp3) is 0.524. The number of anilines is 1. The smallest absolute Gasteiger partial charge is 0.243 e. The molecule has 0 radical (unpaired) electrons. The average Bonchev–Trinajstić information content (AvgIpc) is 3.17. The second kappa shape index (κ2) is 9.26. The molecule has 1 aliphatic carbocycles. The van der Waals surface area contributed by atoms with Crippen molar-refractivity contribution in [2.45, 2.75) is 70.4 Å². The van der Waals surface area contributed by atoms with E-state index in [-0.39, 0.29) is 11.9 Å². The van der Waals surface area contributed by atoms with Crippen LogP contribution < -0.4 is 10.6 Å². The minimum Gasteiger partial charge on any atom is -0.303 e. The molecule has 2 atom stereocenters. The summed E-state index contributed by atoms with van der Waals surface area (Å²) in [5.41, 5.74) is 0.447. The number of carbonyl (C=O) groups excluding carboxylic acids is 2. The molecule has 0 saturated carbocycles. The van der Waals surface area contributed by atoms with Gasteiger partial charge in [-0.1, -0.05) is 24.7 Å². The normalized spacial score (nSPS) is 17.3. The molecule has 0 spiro atoms. The lowest BCUT2D eigenvalue weighted by molar-refractivity contribution is -0.118. The molecule has 1 unspecified atom stereocenters. The van der Waals surface area contributed by atoms with E-state index in [0.29, 0.717) is 46.9 Å². The molecule has 6 nitrogen and oxygen atoms in total. The van der Waals surface area contributed by atoms with Crippen LogP contribution in [0.1, 0.15) is 56.2 Å². The number of nitrogens with zero attached hydrogens (tertiary/aromatic N) is 2. The summed E-state index contributed by atoms with van der Waals surface area (Å²) in [5.74, 6) is -1.34. The summed E-state index contributed by atoms with van der Waals surface area (Å²) in [5, 5.41) is 15.0. The van der Waals surface area contributed by atoms with Gasteiger partial charge in [0.25, 0.3) is 0 Å². The van der Waals surface area contributed by atoms with E-state index in [4.69, 9.17) is 0 Å². The van der Waals surface area contributed by atoms with E-state index in [1.54, 1.807) is 13.8 Å². The first-order valence-corrected chi connectivity index (χ1v) is 10.9. The van der Waals surface area contributed by atoms with E-state index >= 15 is 0 Å². The van der Waals surface area contributed by atoms with Gasteiger partial charge in [-0.15, -0.1) is 10.2 Å². The Morgan fingerprint density at radius 2 is 2.13 bits per heavy atom. The Kier molecular flexibility index (Phi) is 6.92. The van der Waals surface area contributed by atoms with E-state index in [9.17, 15) is 18.4 Å². The third kappa shape index (κ3) is 5.07. The van der Waals surface area contributed by atoms with Gasteiger partial charge in [0.15, 0.2) is 0 Å². The number of halogens is 2. The van der Waals surface area contributed by atoms with Crippen molar-refractivity contribution >= 4 is 28.7 Å². The second-order valence-electron chi connectivity index (χ2n) is 8.21. The van der Waals surface area contributed by atoms with E-state index in [2.05, 4.69) is 20.8 Å². The molecule has 2 aromatic rings. The molecule has 3 rings (SSSR count). The summed E-state index contributed by atoms with van der Waals surface area (Å²) in [6.07, 6.45) is 3.85. The molecule has 0 aliphatic heterocycles. The van der Waals surface area contributed by atoms with Gasteiger partial charge in [0.05, 0.1) is 11.5 Å². The molecule has 1 aromatic heterocycles. The number of rotatable bonds is 8. The van der Waals surface area contributed by atoms with Crippen LogP contribution in [0.3, 0.4) is 0 Å². The first-order valence-electron chi connectivity index (χ1n) is 10.1. The fourth-order valence-electron chi connectivity index (χ4n) is 3.57. The lowest BCUT2D eigenvalue weighted by atomic mass is 9.87. The minimum atomic E-state index is -0.763. The van der Waals surface area contributed by atoms with Gasteiger partial charge in [-0.05, 0) is 56.7 Å². The Hall–Kier alpha value is -2.26. The Labute approximate surface area is 178 Å². The molecule has 2 N–H and O–H groups in total. The number of nitrogens with one attached hydrogen (secondary N) is 2. The number of benzene rings is 1. The zero-order valence-corrected chi connectivity index (χ0v) is 18.1. The zero-order valence-electron chi connectivity index (χ0n) is 17.3. The molecule has 1 amide bonds. The molecule has 1 aliphatic rings. The van der Waals surface area contributed by atoms with Crippen molar-refractivity contribution in [1.29, 1.82) is 0 Å². The largest absolute Gasteiger partial charge is 0.303 e. The molecule has 1 aromatic carbocycles. The highest BCUT2D eigenvalue weighted by atomic mass is 32.1. The van der Waals surface area contributed by atoms with Crippen LogP contribution in [0.25, 0.3) is 0 Å². The number of hydrogen-bond donors (Lipinski definition) is 2. The number of carbonyl (C=O) groups is 2. The number of hydrogen-bond acceptors (Lipinski definition) is 6. The summed E-state index contributed by atoms with van der Waals surface area (Å²) in [4.78, 5) is 24.0. The highest BCUT2D eigenvalue weighted by Gasteiger charge is 2.29. The van der Waals surface area contributed by atoms with Crippen LogP contribution in [0.15, 0.2) is 12.1 Å². The SMILES string of the molecule is CCC[C@H](NC1CCc2cc(F)cc(F)c2C1)C(=O)Nc1nnc(C(C)(C)C=O)s1. The molecule has 0 bridgehead atoms. The van der Waals surface area contributed by atoms with Crippen molar-refractivity contribution in [3.05, 3.63) is 39.9 Å². The summed E-state index contributed by atoms with van der Waals surface area (Å²) >= 11 is 1.17. The predicted octanol–water partition coefficient (Wildman–Crippen LogP) is 3.55. The zero-order chi connectivity index (χ0) is 21.9. The Morgan fingerprint density at radius 1 is 1.37 bits per heavy atom. The second-order valence-corrected chi connectivity index (χ2v) is 9.19. The van der Waals surface area contributed by atoms with E-state index in [1.807, 2.05) is 6.92 Å². The fourth-order valence-corrected chi connectivity index (χ4v) is 4.38. The van der Waals surface area contributed by atoms with Crippen molar-refractivity contribution in [3.63, 3.8) is 0 Å². The van der Waals surface area contributed by atoms with Crippen LogP contribution in [0.2, 0.25) is 0 Å². The van der Waals surface area contributed by atoms with Gasteiger partial charge in [0.1, 0.15) is 22.9 Å². The highest BCUT2D eigenvalue weighted by molar-refractivity contribution is 7.15. The number of amides is 1. The van der Waals surface area contributed by atoms with Crippen LogP contribution >= 0.6 is 11.3 Å². The number of aldehydes is 1. The van der Waals surface area contributed by atoms with Crippen LogP contribution in [0, 0.1) is 11.6 Å². The van der Waals surface area contributed by atoms with Gasteiger partial charge in [0, 0.05) is 12.1 Å². The number of fused-ring (bicyclic) bond motifs is 1. The maximum atomic E-state index is 14.2. The molecule has 0 fully saturated rings. The summed E-state index contributed by atoms with van der Waals surface area (Å²) < 4.78 is 27.6.